The number of rotatable bonds is 5. The number of methoxy groups -OCH3 is 1. The van der Waals surface area contributed by atoms with Crippen LogP contribution in [0.4, 0.5) is 0 Å². The number of piperazine rings is 1. The molecule has 15 heavy (non-hydrogen) atoms. The predicted molar refractivity (Wildman–Crippen MR) is 59.6 cm³/mol. The summed E-state index contributed by atoms with van der Waals surface area (Å²) in [6.45, 7) is 7.67. The summed E-state index contributed by atoms with van der Waals surface area (Å²) in [4.78, 5) is 4.70. The summed E-state index contributed by atoms with van der Waals surface area (Å²) in [5.74, 6) is 0. The molecule has 1 saturated heterocycles. The lowest BCUT2D eigenvalue weighted by Crippen LogP contribution is -2.53. The molecule has 4 nitrogen and oxygen atoms in total. The third-order valence-electron chi connectivity index (χ3n) is 3.04. The maximum absolute atomic E-state index is 8.66. The Hall–Kier alpha value is -0.630. The van der Waals surface area contributed by atoms with Crippen molar-refractivity contribution in [1.82, 2.24) is 9.80 Å². The first kappa shape index (κ1) is 12.4. The van der Waals surface area contributed by atoms with Crippen LogP contribution in [-0.2, 0) is 4.74 Å². The van der Waals surface area contributed by atoms with Crippen molar-refractivity contribution in [3.05, 3.63) is 0 Å². The lowest BCUT2D eigenvalue weighted by Gasteiger charge is -2.40. The van der Waals surface area contributed by atoms with Crippen molar-refractivity contribution in [2.75, 3.05) is 46.4 Å². The van der Waals surface area contributed by atoms with Gasteiger partial charge in [0.2, 0.25) is 0 Å². The Morgan fingerprint density at radius 2 is 2.27 bits per heavy atom. The highest BCUT2D eigenvalue weighted by atomic mass is 16.5. The van der Waals surface area contributed by atoms with Gasteiger partial charge in [-0.05, 0) is 6.42 Å². The highest BCUT2D eigenvalue weighted by Gasteiger charge is 2.24. The zero-order valence-corrected chi connectivity index (χ0v) is 9.78. The minimum Gasteiger partial charge on any atom is -0.383 e. The Morgan fingerprint density at radius 1 is 1.47 bits per heavy atom. The highest BCUT2D eigenvalue weighted by Crippen LogP contribution is 2.11. The van der Waals surface area contributed by atoms with Crippen molar-refractivity contribution in [3.63, 3.8) is 0 Å². The average Bonchev–Trinajstić information content (AvgIpc) is 2.27. The molecule has 0 N–H and O–H groups in total. The van der Waals surface area contributed by atoms with Crippen molar-refractivity contribution in [2.24, 2.45) is 0 Å². The first-order chi connectivity index (χ1) is 7.31. The Bertz CT molecular complexity index is 214. The number of nitrogens with zero attached hydrogens (tertiary/aromatic N) is 3. The zero-order valence-electron chi connectivity index (χ0n) is 9.78. The topological polar surface area (TPSA) is 39.5 Å². The molecule has 1 rings (SSSR count). The highest BCUT2D eigenvalue weighted by molar-refractivity contribution is 4.86. The van der Waals surface area contributed by atoms with E-state index in [2.05, 4.69) is 22.8 Å². The molecule has 1 aliphatic heterocycles. The maximum atomic E-state index is 8.66. The summed E-state index contributed by atoms with van der Waals surface area (Å²) in [5.41, 5.74) is 0. The van der Waals surface area contributed by atoms with Gasteiger partial charge in [0.15, 0.2) is 0 Å². The van der Waals surface area contributed by atoms with E-state index >= 15 is 0 Å². The summed E-state index contributed by atoms with van der Waals surface area (Å²) in [6.07, 6.45) is 1.14. The quantitative estimate of drug-likeness (QED) is 0.623. The van der Waals surface area contributed by atoms with E-state index in [-0.39, 0.29) is 0 Å². The van der Waals surface area contributed by atoms with E-state index < -0.39 is 0 Å². The minimum absolute atomic E-state index is 0.564. The number of hydrogen-bond acceptors (Lipinski definition) is 4. The van der Waals surface area contributed by atoms with Gasteiger partial charge in [0.25, 0.3) is 0 Å². The molecule has 0 radical (unpaired) electrons. The third-order valence-corrected chi connectivity index (χ3v) is 3.04. The van der Waals surface area contributed by atoms with Gasteiger partial charge in [-0.25, -0.2) is 0 Å². The van der Waals surface area contributed by atoms with Crippen molar-refractivity contribution < 1.29 is 4.74 Å². The van der Waals surface area contributed by atoms with Crippen LogP contribution in [0.2, 0.25) is 0 Å². The van der Waals surface area contributed by atoms with E-state index in [1.807, 2.05) is 0 Å². The van der Waals surface area contributed by atoms with Crippen molar-refractivity contribution in [1.29, 1.82) is 5.26 Å². The van der Waals surface area contributed by atoms with Crippen LogP contribution < -0.4 is 0 Å². The fourth-order valence-corrected chi connectivity index (χ4v) is 2.09. The number of nitriles is 1. The van der Waals surface area contributed by atoms with Gasteiger partial charge in [0.05, 0.1) is 19.2 Å². The number of ether oxygens (including phenoxy) is 1. The summed E-state index contributed by atoms with van der Waals surface area (Å²) in [6, 6.07) is 2.81. The molecule has 86 valence electrons. The first-order valence-electron chi connectivity index (χ1n) is 5.64. The van der Waals surface area contributed by atoms with Crippen LogP contribution in [0.3, 0.4) is 0 Å². The SMILES string of the molecule is CCC1CN(CC#N)CCN1CCOC. The molecular weight excluding hydrogens is 190 g/mol. The van der Waals surface area contributed by atoms with E-state index in [1.165, 1.54) is 0 Å². The minimum atomic E-state index is 0.564. The molecule has 1 aliphatic rings. The zero-order chi connectivity index (χ0) is 11.1. The molecule has 1 fully saturated rings. The van der Waals surface area contributed by atoms with Crippen molar-refractivity contribution >= 4 is 0 Å². The monoisotopic (exact) mass is 211 g/mol. The molecule has 4 heteroatoms. The molecule has 0 aromatic rings. The molecule has 0 aliphatic carbocycles. The fourth-order valence-electron chi connectivity index (χ4n) is 2.09. The summed E-state index contributed by atoms with van der Waals surface area (Å²) in [5, 5.41) is 8.66. The summed E-state index contributed by atoms with van der Waals surface area (Å²) < 4.78 is 5.10. The molecule has 0 saturated carbocycles. The lowest BCUT2D eigenvalue weighted by atomic mass is 10.1. The predicted octanol–water partition coefficient (Wildman–Crippen LogP) is 0.553. The van der Waals surface area contributed by atoms with Gasteiger partial charge in [-0.1, -0.05) is 6.92 Å². The van der Waals surface area contributed by atoms with Gasteiger partial charge in [-0.3, -0.25) is 9.80 Å². The molecular formula is C11H21N3O. The van der Waals surface area contributed by atoms with E-state index in [1.54, 1.807) is 7.11 Å². The third kappa shape index (κ3) is 3.78. The van der Waals surface area contributed by atoms with Crippen molar-refractivity contribution in [3.8, 4) is 6.07 Å². The molecule has 0 spiro atoms. The molecule has 0 aromatic carbocycles. The standard InChI is InChI=1S/C11H21N3O/c1-3-11-10-13(5-4-12)6-7-14(11)8-9-15-2/h11H,3,5-10H2,1-2H3. The Kier molecular flexibility index (Phi) is 5.62. The maximum Gasteiger partial charge on any atom is 0.0866 e. The Labute approximate surface area is 92.4 Å². The molecule has 1 heterocycles. The van der Waals surface area contributed by atoms with E-state index in [9.17, 15) is 0 Å². The van der Waals surface area contributed by atoms with Gasteiger partial charge >= 0.3 is 0 Å². The summed E-state index contributed by atoms with van der Waals surface area (Å²) in [7, 11) is 1.74. The second kappa shape index (κ2) is 6.78. The van der Waals surface area contributed by atoms with Crippen LogP contribution in [0, 0.1) is 11.3 Å². The smallest absolute Gasteiger partial charge is 0.0866 e. The molecule has 0 bridgehead atoms. The van der Waals surface area contributed by atoms with Crippen LogP contribution in [0.25, 0.3) is 0 Å². The van der Waals surface area contributed by atoms with Gasteiger partial charge < -0.3 is 4.74 Å². The van der Waals surface area contributed by atoms with Gasteiger partial charge in [0, 0.05) is 39.3 Å². The average molecular weight is 211 g/mol. The van der Waals surface area contributed by atoms with Gasteiger partial charge in [-0.15, -0.1) is 0 Å². The molecule has 0 aromatic heterocycles. The molecule has 0 amide bonds. The van der Waals surface area contributed by atoms with E-state index in [0.717, 1.165) is 39.2 Å². The van der Waals surface area contributed by atoms with Crippen LogP contribution in [-0.4, -0.2) is 62.3 Å². The first-order valence-corrected chi connectivity index (χ1v) is 5.64. The second-order valence-electron chi connectivity index (χ2n) is 3.98. The van der Waals surface area contributed by atoms with Crippen LogP contribution in [0.5, 0.6) is 0 Å². The fraction of sp³-hybridized carbons (Fsp3) is 0.909. The normalized spacial score (nSPS) is 23.9. The second-order valence-corrected chi connectivity index (χ2v) is 3.98. The van der Waals surface area contributed by atoms with Crippen LogP contribution >= 0.6 is 0 Å². The molecule has 1 unspecified atom stereocenters. The molecule has 1 atom stereocenters. The van der Waals surface area contributed by atoms with E-state index in [0.29, 0.717) is 12.6 Å². The Morgan fingerprint density at radius 3 is 2.87 bits per heavy atom. The largest absolute Gasteiger partial charge is 0.383 e. The van der Waals surface area contributed by atoms with Crippen LogP contribution in [0.1, 0.15) is 13.3 Å². The lowest BCUT2D eigenvalue weighted by molar-refractivity contribution is 0.0553. The Balaban J connectivity index is 2.38. The van der Waals surface area contributed by atoms with Gasteiger partial charge in [-0.2, -0.15) is 5.26 Å². The van der Waals surface area contributed by atoms with Crippen LogP contribution in [0.15, 0.2) is 0 Å². The summed E-state index contributed by atoms with van der Waals surface area (Å²) >= 11 is 0. The van der Waals surface area contributed by atoms with E-state index in [4.69, 9.17) is 10.00 Å². The van der Waals surface area contributed by atoms with Gasteiger partial charge in [0.1, 0.15) is 0 Å². The van der Waals surface area contributed by atoms with Crippen molar-refractivity contribution in [2.45, 2.75) is 19.4 Å². The number of hydrogen-bond donors (Lipinski definition) is 0.